The second-order valence-electron chi connectivity index (χ2n) is 4.42. The van der Waals surface area contributed by atoms with E-state index < -0.39 is 5.91 Å². The number of ether oxygens (including phenoxy) is 2. The number of carbonyl (C=O) groups is 1. The molecule has 2 N–H and O–H groups in total. The Hall–Kier alpha value is -2.15. The highest BCUT2D eigenvalue weighted by Gasteiger charge is 2.13. The van der Waals surface area contributed by atoms with Crippen LogP contribution in [0.4, 0.5) is 0 Å². The molecule has 21 heavy (non-hydrogen) atoms. The third-order valence-corrected chi connectivity index (χ3v) is 3.37. The molecule has 0 radical (unpaired) electrons. The van der Waals surface area contributed by atoms with Crippen molar-refractivity contribution >= 4 is 21.8 Å². The average molecular weight is 352 g/mol. The molecular formula is C14H14BrN3O3. The Balaban J connectivity index is 2.38. The van der Waals surface area contributed by atoms with Crippen molar-refractivity contribution in [2.24, 2.45) is 5.73 Å². The standard InChI is InChI=1S/C14H14BrN3O3/c1-7-4-9(12(16)19)5-8(2)11(7)21-14-17-6-10(15)13(18-14)20-3/h4-6H,1-3H3,(H2,16,19). The summed E-state index contributed by atoms with van der Waals surface area (Å²) in [7, 11) is 1.51. The van der Waals surface area contributed by atoms with Crippen molar-refractivity contribution in [1.29, 1.82) is 0 Å². The predicted molar refractivity (Wildman–Crippen MR) is 80.8 cm³/mol. The van der Waals surface area contributed by atoms with Gasteiger partial charge in [-0.1, -0.05) is 0 Å². The first-order valence-corrected chi connectivity index (χ1v) is 6.87. The number of methoxy groups -OCH3 is 1. The quantitative estimate of drug-likeness (QED) is 0.914. The van der Waals surface area contributed by atoms with E-state index in [1.165, 1.54) is 7.11 Å². The van der Waals surface area contributed by atoms with Gasteiger partial charge in [0.05, 0.1) is 17.8 Å². The highest BCUT2D eigenvalue weighted by atomic mass is 79.9. The SMILES string of the molecule is COc1nc(Oc2c(C)cc(C(N)=O)cc2C)ncc1Br. The van der Waals surface area contributed by atoms with Crippen LogP contribution in [0.3, 0.4) is 0 Å². The van der Waals surface area contributed by atoms with Gasteiger partial charge in [-0.3, -0.25) is 4.79 Å². The summed E-state index contributed by atoms with van der Waals surface area (Å²) in [5.41, 5.74) is 7.26. The first-order valence-electron chi connectivity index (χ1n) is 6.07. The molecule has 0 atom stereocenters. The Morgan fingerprint density at radius 2 is 1.90 bits per heavy atom. The molecule has 0 bridgehead atoms. The molecule has 1 amide bonds. The minimum atomic E-state index is -0.477. The van der Waals surface area contributed by atoms with Crippen LogP contribution in [0.5, 0.6) is 17.6 Å². The van der Waals surface area contributed by atoms with E-state index in [-0.39, 0.29) is 6.01 Å². The maximum absolute atomic E-state index is 11.2. The van der Waals surface area contributed by atoms with Crippen LogP contribution in [0.15, 0.2) is 22.8 Å². The molecule has 0 unspecified atom stereocenters. The van der Waals surface area contributed by atoms with E-state index in [1.54, 1.807) is 18.3 Å². The maximum Gasteiger partial charge on any atom is 0.325 e. The van der Waals surface area contributed by atoms with Gasteiger partial charge in [-0.15, -0.1) is 0 Å². The van der Waals surface area contributed by atoms with Crippen molar-refractivity contribution in [2.75, 3.05) is 7.11 Å². The van der Waals surface area contributed by atoms with Crippen LogP contribution in [0.25, 0.3) is 0 Å². The Labute approximate surface area is 130 Å². The summed E-state index contributed by atoms with van der Waals surface area (Å²) in [5.74, 6) is 0.489. The van der Waals surface area contributed by atoms with Crippen molar-refractivity contribution in [2.45, 2.75) is 13.8 Å². The van der Waals surface area contributed by atoms with Gasteiger partial charge in [0.1, 0.15) is 5.75 Å². The molecule has 0 saturated carbocycles. The van der Waals surface area contributed by atoms with Crippen LogP contribution in [0, 0.1) is 13.8 Å². The lowest BCUT2D eigenvalue weighted by Gasteiger charge is -2.12. The summed E-state index contributed by atoms with van der Waals surface area (Å²) < 4.78 is 11.4. The van der Waals surface area contributed by atoms with Crippen molar-refractivity contribution in [3.63, 3.8) is 0 Å². The van der Waals surface area contributed by atoms with E-state index in [4.69, 9.17) is 15.2 Å². The fraction of sp³-hybridized carbons (Fsp3) is 0.214. The first kappa shape index (κ1) is 15.2. The zero-order valence-corrected chi connectivity index (χ0v) is 13.4. The number of halogens is 1. The Bertz CT molecular complexity index is 681. The Morgan fingerprint density at radius 3 is 2.43 bits per heavy atom. The topological polar surface area (TPSA) is 87.3 Å². The van der Waals surface area contributed by atoms with Gasteiger partial charge in [-0.05, 0) is 53.0 Å². The van der Waals surface area contributed by atoms with Gasteiger partial charge in [-0.25, -0.2) is 4.98 Å². The molecule has 7 heteroatoms. The van der Waals surface area contributed by atoms with Crippen LogP contribution >= 0.6 is 15.9 Å². The molecule has 110 valence electrons. The summed E-state index contributed by atoms with van der Waals surface area (Å²) in [6.07, 6.45) is 1.55. The molecular weight excluding hydrogens is 338 g/mol. The normalized spacial score (nSPS) is 10.3. The second kappa shape index (κ2) is 6.09. The van der Waals surface area contributed by atoms with Gasteiger partial charge >= 0.3 is 6.01 Å². The van der Waals surface area contributed by atoms with Crippen molar-refractivity contribution in [3.8, 4) is 17.6 Å². The van der Waals surface area contributed by atoms with Crippen LogP contribution in [0.1, 0.15) is 21.5 Å². The monoisotopic (exact) mass is 351 g/mol. The van der Waals surface area contributed by atoms with E-state index >= 15 is 0 Å². The Morgan fingerprint density at radius 1 is 1.29 bits per heavy atom. The number of aryl methyl sites for hydroxylation is 2. The van der Waals surface area contributed by atoms with Crippen LogP contribution < -0.4 is 15.2 Å². The van der Waals surface area contributed by atoms with Crippen molar-refractivity contribution < 1.29 is 14.3 Å². The largest absolute Gasteiger partial charge is 0.480 e. The Kier molecular flexibility index (Phi) is 4.42. The molecule has 2 rings (SSSR count). The van der Waals surface area contributed by atoms with E-state index in [2.05, 4.69) is 25.9 Å². The predicted octanol–water partition coefficient (Wildman–Crippen LogP) is 2.76. The van der Waals surface area contributed by atoms with E-state index in [9.17, 15) is 4.79 Å². The van der Waals surface area contributed by atoms with E-state index in [0.717, 1.165) is 11.1 Å². The first-order chi connectivity index (χ1) is 9.92. The minimum Gasteiger partial charge on any atom is -0.480 e. The molecule has 1 heterocycles. The van der Waals surface area contributed by atoms with Gasteiger partial charge < -0.3 is 15.2 Å². The summed E-state index contributed by atoms with van der Waals surface area (Å²) in [4.78, 5) is 19.4. The number of nitrogens with two attached hydrogens (primary N) is 1. The lowest BCUT2D eigenvalue weighted by Crippen LogP contribution is -2.11. The van der Waals surface area contributed by atoms with E-state index in [1.807, 2.05) is 13.8 Å². The summed E-state index contributed by atoms with van der Waals surface area (Å²) in [5, 5.41) is 0. The zero-order valence-electron chi connectivity index (χ0n) is 11.8. The number of amides is 1. The smallest absolute Gasteiger partial charge is 0.325 e. The molecule has 0 aliphatic carbocycles. The summed E-state index contributed by atoms with van der Waals surface area (Å²) >= 11 is 3.27. The van der Waals surface area contributed by atoms with Crippen molar-refractivity contribution in [1.82, 2.24) is 9.97 Å². The summed E-state index contributed by atoms with van der Waals surface area (Å²) in [6, 6.07) is 3.50. The number of hydrogen-bond acceptors (Lipinski definition) is 5. The molecule has 1 aromatic heterocycles. The fourth-order valence-electron chi connectivity index (χ4n) is 1.87. The van der Waals surface area contributed by atoms with Crippen LogP contribution in [-0.4, -0.2) is 23.0 Å². The highest BCUT2D eigenvalue weighted by molar-refractivity contribution is 9.10. The number of hydrogen-bond donors (Lipinski definition) is 1. The maximum atomic E-state index is 11.2. The van der Waals surface area contributed by atoms with Crippen LogP contribution in [-0.2, 0) is 0 Å². The minimum absolute atomic E-state index is 0.160. The molecule has 0 aliphatic rings. The lowest BCUT2D eigenvalue weighted by molar-refractivity contribution is 0.1000. The highest BCUT2D eigenvalue weighted by Crippen LogP contribution is 2.30. The number of aromatic nitrogens is 2. The molecule has 2 aromatic rings. The number of benzene rings is 1. The number of carbonyl (C=O) groups excluding carboxylic acids is 1. The number of primary amides is 1. The van der Waals surface area contributed by atoms with Crippen LogP contribution in [0.2, 0.25) is 0 Å². The molecule has 0 aliphatic heterocycles. The second-order valence-corrected chi connectivity index (χ2v) is 5.27. The molecule has 0 fully saturated rings. The lowest BCUT2D eigenvalue weighted by atomic mass is 10.1. The van der Waals surface area contributed by atoms with Gasteiger partial charge in [-0.2, -0.15) is 4.98 Å². The van der Waals surface area contributed by atoms with Gasteiger partial charge in [0, 0.05) is 5.56 Å². The van der Waals surface area contributed by atoms with Gasteiger partial charge in [0.15, 0.2) is 0 Å². The van der Waals surface area contributed by atoms with Gasteiger partial charge in [0.25, 0.3) is 0 Å². The molecule has 1 aromatic carbocycles. The zero-order chi connectivity index (χ0) is 15.6. The fourth-order valence-corrected chi connectivity index (χ4v) is 2.23. The molecule has 6 nitrogen and oxygen atoms in total. The third kappa shape index (κ3) is 3.30. The third-order valence-electron chi connectivity index (χ3n) is 2.82. The van der Waals surface area contributed by atoms with Crippen molar-refractivity contribution in [3.05, 3.63) is 39.5 Å². The number of rotatable bonds is 4. The summed E-state index contributed by atoms with van der Waals surface area (Å²) in [6.45, 7) is 3.65. The average Bonchev–Trinajstić information content (AvgIpc) is 2.44. The molecule has 0 spiro atoms. The molecule has 0 saturated heterocycles. The van der Waals surface area contributed by atoms with Gasteiger partial charge in [0.2, 0.25) is 11.8 Å². The number of nitrogens with zero attached hydrogens (tertiary/aromatic N) is 2. The van der Waals surface area contributed by atoms with E-state index in [0.29, 0.717) is 21.7 Å².